The average Bonchev–Trinajstić information content (AvgIpc) is 2.92. The molecule has 0 fully saturated rings. The molecule has 0 spiro atoms. The largest absolute Gasteiger partial charge is 0.481 e. The maximum absolute atomic E-state index is 13.6. The van der Waals surface area contributed by atoms with E-state index in [0.29, 0.717) is 53.8 Å². The third-order valence-electron chi connectivity index (χ3n) is 6.60. The van der Waals surface area contributed by atoms with E-state index in [9.17, 15) is 18.4 Å². The lowest BCUT2D eigenvalue weighted by molar-refractivity contribution is -0.137. The molecule has 2 N–H and O–H groups in total. The Kier molecular flexibility index (Phi) is 7.41. The van der Waals surface area contributed by atoms with Gasteiger partial charge >= 0.3 is 5.97 Å². The molecule has 10 heteroatoms. The molecule has 3 aromatic rings. The lowest BCUT2D eigenvalue weighted by Crippen LogP contribution is -2.33. The standard InChI is InChI=1S/C28H26F2N4O4/c29-19-8-5-17(6-9-19)24-16-38-33-27(32-24)18-7-14-22-23(15-18)31-25(3-1-2-4-26(35)36)34(28(22)37)21-12-10-20(30)11-13-21/h5-12,14-15,21,24H,1-4,13,16H2,(H,32,33)(H,35,36)/t21?,24-/m0/s1. The molecule has 38 heavy (non-hydrogen) atoms. The molecule has 196 valence electrons. The summed E-state index contributed by atoms with van der Waals surface area (Å²) in [5.74, 6) is -0.594. The van der Waals surface area contributed by atoms with Gasteiger partial charge in [-0.1, -0.05) is 24.3 Å². The van der Waals surface area contributed by atoms with E-state index in [4.69, 9.17) is 19.9 Å². The highest BCUT2D eigenvalue weighted by molar-refractivity contribution is 6.01. The zero-order valence-corrected chi connectivity index (χ0v) is 20.4. The van der Waals surface area contributed by atoms with E-state index in [2.05, 4.69) is 5.48 Å². The molecule has 8 nitrogen and oxygen atoms in total. The van der Waals surface area contributed by atoms with E-state index < -0.39 is 5.97 Å². The van der Waals surface area contributed by atoms with Crippen LogP contribution in [0.25, 0.3) is 10.9 Å². The van der Waals surface area contributed by atoms with Gasteiger partial charge < -0.3 is 5.11 Å². The SMILES string of the molecule is O=C(O)CCCCc1nc2cc(C3=N[C@H](c4ccc(F)cc4)CON3)ccc2c(=O)n1C1C=CC(F)=CC1. The Bertz CT molecular complexity index is 1510. The highest BCUT2D eigenvalue weighted by Gasteiger charge is 2.22. The van der Waals surface area contributed by atoms with Crippen molar-refractivity contribution in [3.63, 3.8) is 0 Å². The van der Waals surface area contributed by atoms with Crippen molar-refractivity contribution < 1.29 is 23.5 Å². The summed E-state index contributed by atoms with van der Waals surface area (Å²) in [4.78, 5) is 39.6. The molecule has 5 rings (SSSR count). The lowest BCUT2D eigenvalue weighted by Gasteiger charge is -2.23. The van der Waals surface area contributed by atoms with Crippen LogP contribution in [-0.2, 0) is 16.1 Å². The van der Waals surface area contributed by atoms with Gasteiger partial charge in [-0.2, -0.15) is 0 Å². The number of amidine groups is 1. The third kappa shape index (κ3) is 5.55. The van der Waals surface area contributed by atoms with Gasteiger partial charge in [-0.15, -0.1) is 0 Å². The summed E-state index contributed by atoms with van der Waals surface area (Å²) < 4.78 is 28.5. The van der Waals surface area contributed by atoms with E-state index in [-0.39, 0.29) is 42.3 Å². The quantitative estimate of drug-likeness (QED) is 0.417. The van der Waals surface area contributed by atoms with E-state index >= 15 is 0 Å². The molecule has 0 saturated carbocycles. The number of aliphatic carboxylic acids is 1. The smallest absolute Gasteiger partial charge is 0.303 e. The van der Waals surface area contributed by atoms with Crippen molar-refractivity contribution in [3.8, 4) is 0 Å². The van der Waals surface area contributed by atoms with Gasteiger partial charge in [0.2, 0.25) is 0 Å². The summed E-state index contributed by atoms with van der Waals surface area (Å²) in [7, 11) is 0. The Morgan fingerprint density at radius 1 is 1.16 bits per heavy atom. The van der Waals surface area contributed by atoms with Crippen molar-refractivity contribution in [2.45, 2.75) is 44.2 Å². The fraction of sp³-hybridized carbons (Fsp3) is 0.286. The molecule has 2 aromatic carbocycles. The fourth-order valence-electron chi connectivity index (χ4n) is 4.64. The second kappa shape index (κ2) is 11.1. The zero-order valence-electron chi connectivity index (χ0n) is 20.4. The van der Waals surface area contributed by atoms with Crippen molar-refractivity contribution in [2.24, 2.45) is 4.99 Å². The Labute approximate surface area is 216 Å². The molecule has 2 heterocycles. The minimum atomic E-state index is -0.878. The molecule has 0 radical (unpaired) electrons. The van der Waals surface area contributed by atoms with Crippen molar-refractivity contribution in [3.05, 3.63) is 99.6 Å². The summed E-state index contributed by atoms with van der Waals surface area (Å²) in [6.45, 7) is 0.274. The van der Waals surface area contributed by atoms with Crippen molar-refractivity contribution in [2.75, 3.05) is 6.61 Å². The van der Waals surface area contributed by atoms with Gasteiger partial charge in [-0.3, -0.25) is 24.0 Å². The Balaban J connectivity index is 1.51. The highest BCUT2D eigenvalue weighted by atomic mass is 19.1. The number of aliphatic imine (C=N–C) groups is 1. The summed E-state index contributed by atoms with van der Waals surface area (Å²) in [6.07, 6.45) is 6.14. The Morgan fingerprint density at radius 2 is 1.97 bits per heavy atom. The Hall–Kier alpha value is -4.18. The van der Waals surface area contributed by atoms with Crippen molar-refractivity contribution in [1.82, 2.24) is 15.0 Å². The van der Waals surface area contributed by atoms with Gasteiger partial charge in [-0.05, 0) is 61.2 Å². The molecule has 2 aliphatic rings. The fourth-order valence-corrected chi connectivity index (χ4v) is 4.64. The number of aryl methyl sites for hydroxylation is 1. The number of carbonyl (C=O) groups is 1. The lowest BCUT2D eigenvalue weighted by atomic mass is 10.1. The number of nitrogens with zero attached hydrogens (tertiary/aromatic N) is 3. The van der Waals surface area contributed by atoms with E-state index in [1.165, 1.54) is 24.3 Å². The second-order valence-electron chi connectivity index (χ2n) is 9.25. The number of rotatable bonds is 8. The molecule has 1 aliphatic carbocycles. The number of fused-ring (bicyclic) bond motifs is 1. The normalized spacial score (nSPS) is 19.1. The molecular weight excluding hydrogens is 494 g/mol. The maximum Gasteiger partial charge on any atom is 0.303 e. The van der Waals surface area contributed by atoms with Gasteiger partial charge in [0.05, 0.1) is 16.9 Å². The molecular formula is C28H26F2N4O4. The van der Waals surface area contributed by atoms with Gasteiger partial charge in [0, 0.05) is 18.4 Å². The topological polar surface area (TPSA) is 106 Å². The summed E-state index contributed by atoms with van der Waals surface area (Å²) in [6, 6.07) is 10.5. The van der Waals surface area contributed by atoms with Crippen LogP contribution in [0.1, 0.15) is 54.7 Å². The van der Waals surface area contributed by atoms with Gasteiger partial charge in [-0.25, -0.2) is 19.2 Å². The number of hydroxylamine groups is 1. The highest BCUT2D eigenvalue weighted by Crippen LogP contribution is 2.25. The Morgan fingerprint density at radius 3 is 2.71 bits per heavy atom. The van der Waals surface area contributed by atoms with Gasteiger partial charge in [0.25, 0.3) is 5.56 Å². The van der Waals surface area contributed by atoms with Crippen LogP contribution >= 0.6 is 0 Å². The first-order chi connectivity index (χ1) is 18.4. The van der Waals surface area contributed by atoms with Crippen molar-refractivity contribution in [1.29, 1.82) is 0 Å². The third-order valence-corrected chi connectivity index (χ3v) is 6.60. The molecule has 2 atom stereocenters. The van der Waals surface area contributed by atoms with Crippen LogP contribution < -0.4 is 11.0 Å². The van der Waals surface area contributed by atoms with Crippen LogP contribution in [0.4, 0.5) is 8.78 Å². The minimum absolute atomic E-state index is 0.0277. The van der Waals surface area contributed by atoms with E-state index in [1.807, 2.05) is 0 Å². The maximum atomic E-state index is 13.6. The number of hydrogen-bond donors (Lipinski definition) is 2. The number of aromatic nitrogens is 2. The summed E-state index contributed by atoms with van der Waals surface area (Å²) in [5.41, 5.74) is 4.50. The van der Waals surface area contributed by atoms with E-state index in [1.54, 1.807) is 41.0 Å². The van der Waals surface area contributed by atoms with E-state index in [0.717, 1.165) is 5.56 Å². The average molecular weight is 521 g/mol. The number of carboxylic acids is 1. The predicted molar refractivity (Wildman–Crippen MR) is 138 cm³/mol. The first-order valence-electron chi connectivity index (χ1n) is 12.4. The van der Waals surface area contributed by atoms with Gasteiger partial charge in [0.15, 0.2) is 5.84 Å². The molecule has 0 saturated heterocycles. The zero-order chi connectivity index (χ0) is 26.6. The monoisotopic (exact) mass is 520 g/mol. The number of unbranched alkanes of at least 4 members (excludes halogenated alkanes) is 1. The van der Waals surface area contributed by atoms with Crippen LogP contribution in [0.3, 0.4) is 0 Å². The van der Waals surface area contributed by atoms with Crippen LogP contribution in [0, 0.1) is 5.82 Å². The van der Waals surface area contributed by atoms with Crippen LogP contribution in [0.2, 0.25) is 0 Å². The summed E-state index contributed by atoms with van der Waals surface area (Å²) in [5, 5.41) is 9.37. The van der Waals surface area contributed by atoms with Crippen LogP contribution in [0.15, 0.2) is 76.3 Å². The number of carboxylic acid groups (broad SMARTS) is 1. The molecule has 0 amide bonds. The van der Waals surface area contributed by atoms with Crippen LogP contribution in [-0.4, -0.2) is 33.1 Å². The minimum Gasteiger partial charge on any atom is -0.481 e. The first-order valence-corrected chi connectivity index (χ1v) is 12.4. The molecule has 1 unspecified atom stereocenters. The summed E-state index contributed by atoms with van der Waals surface area (Å²) >= 11 is 0. The van der Waals surface area contributed by atoms with Gasteiger partial charge in [0.1, 0.15) is 30.1 Å². The number of nitrogens with one attached hydrogen (secondary N) is 1. The molecule has 0 bridgehead atoms. The number of hydrogen-bond acceptors (Lipinski definition) is 6. The van der Waals surface area contributed by atoms with Crippen molar-refractivity contribution >= 4 is 22.7 Å². The number of allylic oxidation sites excluding steroid dienone is 4. The first kappa shape index (κ1) is 25.5. The number of benzene rings is 2. The molecule has 1 aliphatic heterocycles. The second-order valence-corrected chi connectivity index (χ2v) is 9.25. The number of halogens is 2. The predicted octanol–water partition coefficient (Wildman–Crippen LogP) is 4.71. The molecule has 1 aromatic heterocycles. The van der Waals surface area contributed by atoms with Crippen LogP contribution in [0.5, 0.6) is 0 Å².